The van der Waals surface area contributed by atoms with Crippen molar-refractivity contribution >= 4 is 43.4 Å². The van der Waals surface area contributed by atoms with E-state index in [0.717, 1.165) is 17.3 Å². The Kier molecular flexibility index (Phi) is 4.65. The lowest BCUT2D eigenvalue weighted by molar-refractivity contribution is 0.331. The van der Waals surface area contributed by atoms with Crippen LogP contribution in [0.4, 0.5) is 5.82 Å². The molecule has 106 valence electrons. The summed E-state index contributed by atoms with van der Waals surface area (Å²) in [5.74, 6) is 0.637. The number of hydrogen-bond donors (Lipinski definition) is 1. The highest BCUT2D eigenvalue weighted by Gasteiger charge is 2.25. The number of halogens is 2. The van der Waals surface area contributed by atoms with Gasteiger partial charge in [0.15, 0.2) is 0 Å². The summed E-state index contributed by atoms with van der Waals surface area (Å²) in [4.78, 5) is 7.96. The van der Waals surface area contributed by atoms with Gasteiger partial charge in [-0.15, -0.1) is 0 Å². The van der Waals surface area contributed by atoms with E-state index in [1.165, 1.54) is 10.6 Å². The van der Waals surface area contributed by atoms with E-state index in [-0.39, 0.29) is 11.3 Å². The molecule has 1 aliphatic rings. The first kappa shape index (κ1) is 15.0. The van der Waals surface area contributed by atoms with E-state index in [1.54, 1.807) is 6.20 Å². The summed E-state index contributed by atoms with van der Waals surface area (Å²) in [5.41, 5.74) is 0. The highest BCUT2D eigenvalue weighted by atomic mass is 79.9. The Morgan fingerprint density at radius 3 is 2.68 bits per heavy atom. The minimum Gasteiger partial charge on any atom is -0.366 e. The quantitative estimate of drug-likeness (QED) is 0.821. The largest absolute Gasteiger partial charge is 0.366 e. The fraction of sp³-hybridized carbons (Fsp3) is 0.600. The monoisotopic (exact) mass is 368 g/mol. The summed E-state index contributed by atoms with van der Waals surface area (Å²) in [6, 6.07) is 0.181. The molecule has 2 rings (SSSR count). The zero-order valence-electron chi connectivity index (χ0n) is 10.3. The van der Waals surface area contributed by atoms with Crippen molar-refractivity contribution in [1.29, 1.82) is 0 Å². The van der Waals surface area contributed by atoms with Crippen molar-refractivity contribution in [3.05, 3.63) is 16.0 Å². The van der Waals surface area contributed by atoms with Crippen molar-refractivity contribution in [2.45, 2.75) is 18.9 Å². The zero-order chi connectivity index (χ0) is 14.0. The molecule has 19 heavy (non-hydrogen) atoms. The van der Waals surface area contributed by atoms with E-state index in [1.807, 2.05) is 0 Å². The number of rotatable bonds is 3. The molecule has 6 nitrogen and oxygen atoms in total. The topological polar surface area (TPSA) is 75.2 Å². The first-order chi connectivity index (χ1) is 8.86. The average Bonchev–Trinajstić information content (AvgIpc) is 2.33. The molecule has 0 unspecified atom stereocenters. The molecule has 1 aromatic heterocycles. The summed E-state index contributed by atoms with van der Waals surface area (Å²) in [5, 5.41) is 3.44. The van der Waals surface area contributed by atoms with Crippen LogP contribution in [0, 0.1) is 0 Å². The molecule has 0 bridgehead atoms. The second-order valence-electron chi connectivity index (χ2n) is 4.42. The van der Waals surface area contributed by atoms with E-state index in [2.05, 4.69) is 31.2 Å². The van der Waals surface area contributed by atoms with E-state index in [9.17, 15) is 8.42 Å². The molecule has 1 N–H and O–H groups in total. The minimum absolute atomic E-state index is 0.180. The first-order valence-electron chi connectivity index (χ1n) is 5.76. The number of aromatic nitrogens is 2. The molecular weight excluding hydrogens is 356 g/mol. The van der Waals surface area contributed by atoms with Crippen LogP contribution >= 0.6 is 27.5 Å². The minimum atomic E-state index is -3.09. The van der Waals surface area contributed by atoms with Gasteiger partial charge in [0.1, 0.15) is 5.82 Å². The predicted octanol–water partition coefficient (Wildman–Crippen LogP) is 1.73. The fourth-order valence-corrected chi connectivity index (χ4v) is 3.28. The lowest BCUT2D eigenvalue weighted by Crippen LogP contribution is -2.42. The van der Waals surface area contributed by atoms with Gasteiger partial charge in [0.25, 0.3) is 0 Å². The average molecular weight is 370 g/mol. The third-order valence-electron chi connectivity index (χ3n) is 2.98. The van der Waals surface area contributed by atoms with E-state index >= 15 is 0 Å². The molecule has 1 aromatic rings. The molecular formula is C10H14BrClN4O2S. The van der Waals surface area contributed by atoms with E-state index in [4.69, 9.17) is 11.6 Å². The number of anilines is 1. The van der Waals surface area contributed by atoms with Crippen LogP contribution < -0.4 is 5.32 Å². The molecule has 1 fully saturated rings. The maximum atomic E-state index is 11.4. The van der Waals surface area contributed by atoms with Crippen molar-refractivity contribution in [3.8, 4) is 0 Å². The number of nitrogens with zero attached hydrogens (tertiary/aromatic N) is 3. The first-order valence-corrected chi connectivity index (χ1v) is 8.78. The van der Waals surface area contributed by atoms with Gasteiger partial charge in [0, 0.05) is 25.3 Å². The Labute approximate surface area is 125 Å². The van der Waals surface area contributed by atoms with Crippen molar-refractivity contribution in [3.63, 3.8) is 0 Å². The SMILES string of the molecule is CS(=O)(=O)N1CCC(Nc2nc(Cl)ncc2Br)CC1. The Morgan fingerprint density at radius 2 is 2.11 bits per heavy atom. The van der Waals surface area contributed by atoms with Gasteiger partial charge in [0.2, 0.25) is 15.3 Å². The van der Waals surface area contributed by atoms with Crippen LogP contribution in [-0.4, -0.2) is 48.1 Å². The van der Waals surface area contributed by atoms with Crippen molar-refractivity contribution in [2.24, 2.45) is 0 Å². The van der Waals surface area contributed by atoms with Crippen molar-refractivity contribution < 1.29 is 8.42 Å². The van der Waals surface area contributed by atoms with Gasteiger partial charge in [-0.05, 0) is 40.4 Å². The van der Waals surface area contributed by atoms with Gasteiger partial charge in [-0.25, -0.2) is 17.7 Å². The van der Waals surface area contributed by atoms with E-state index in [0.29, 0.717) is 18.9 Å². The Balaban J connectivity index is 1.98. The second-order valence-corrected chi connectivity index (χ2v) is 7.59. The lowest BCUT2D eigenvalue weighted by atomic mass is 10.1. The zero-order valence-corrected chi connectivity index (χ0v) is 13.5. The fourth-order valence-electron chi connectivity index (χ4n) is 1.97. The molecule has 0 spiro atoms. The smallest absolute Gasteiger partial charge is 0.224 e. The third kappa shape index (κ3) is 4.01. The maximum Gasteiger partial charge on any atom is 0.224 e. The Morgan fingerprint density at radius 1 is 1.47 bits per heavy atom. The number of nitrogens with one attached hydrogen (secondary N) is 1. The maximum absolute atomic E-state index is 11.4. The molecule has 9 heteroatoms. The van der Waals surface area contributed by atoms with Crippen molar-refractivity contribution in [1.82, 2.24) is 14.3 Å². The molecule has 1 aliphatic heterocycles. The number of piperidine rings is 1. The van der Waals surface area contributed by atoms with Crippen LogP contribution in [-0.2, 0) is 10.0 Å². The van der Waals surface area contributed by atoms with Gasteiger partial charge in [-0.1, -0.05) is 0 Å². The molecule has 1 saturated heterocycles. The molecule has 0 amide bonds. The lowest BCUT2D eigenvalue weighted by Gasteiger charge is -2.31. The van der Waals surface area contributed by atoms with E-state index < -0.39 is 10.0 Å². The summed E-state index contributed by atoms with van der Waals surface area (Å²) < 4.78 is 25.1. The predicted molar refractivity (Wildman–Crippen MR) is 77.8 cm³/mol. The van der Waals surface area contributed by atoms with Gasteiger partial charge in [0.05, 0.1) is 10.7 Å². The van der Waals surface area contributed by atoms with Crippen molar-refractivity contribution in [2.75, 3.05) is 24.7 Å². The van der Waals surface area contributed by atoms with Crippen LogP contribution in [0.5, 0.6) is 0 Å². The standard InChI is InChI=1S/C10H14BrClN4O2S/c1-19(17,18)16-4-2-7(3-5-16)14-9-8(11)6-13-10(12)15-9/h6-7H,2-5H2,1H3,(H,13,14,15). The number of hydrogen-bond acceptors (Lipinski definition) is 5. The molecule has 2 heterocycles. The normalized spacial score (nSPS) is 18.5. The van der Waals surface area contributed by atoms with Gasteiger partial charge in [-0.2, -0.15) is 4.98 Å². The van der Waals surface area contributed by atoms with Gasteiger partial charge < -0.3 is 5.32 Å². The summed E-state index contributed by atoms with van der Waals surface area (Å²) in [6.45, 7) is 1.04. The van der Waals surface area contributed by atoms with Crippen LogP contribution in [0.25, 0.3) is 0 Å². The van der Waals surface area contributed by atoms with Crippen LogP contribution in [0.2, 0.25) is 5.28 Å². The second kappa shape index (κ2) is 5.90. The molecule has 0 saturated carbocycles. The Hall–Kier alpha value is -0.440. The number of sulfonamides is 1. The Bertz CT molecular complexity index is 561. The highest BCUT2D eigenvalue weighted by Crippen LogP contribution is 2.23. The summed E-state index contributed by atoms with van der Waals surface area (Å²) >= 11 is 9.10. The highest BCUT2D eigenvalue weighted by molar-refractivity contribution is 9.10. The van der Waals surface area contributed by atoms with Gasteiger partial charge in [-0.3, -0.25) is 0 Å². The summed E-state index contributed by atoms with van der Waals surface area (Å²) in [7, 11) is -3.09. The third-order valence-corrected chi connectivity index (χ3v) is 5.04. The van der Waals surface area contributed by atoms with Gasteiger partial charge >= 0.3 is 0 Å². The molecule has 0 aliphatic carbocycles. The van der Waals surface area contributed by atoms with Crippen LogP contribution in [0.1, 0.15) is 12.8 Å². The van der Waals surface area contributed by atoms with Crippen LogP contribution in [0.3, 0.4) is 0 Å². The molecule has 0 atom stereocenters. The van der Waals surface area contributed by atoms with Crippen LogP contribution in [0.15, 0.2) is 10.7 Å². The molecule has 0 radical (unpaired) electrons. The summed E-state index contributed by atoms with van der Waals surface area (Å²) in [6.07, 6.45) is 4.30. The molecule has 0 aromatic carbocycles.